The summed E-state index contributed by atoms with van der Waals surface area (Å²) in [5.74, 6) is 0. The number of benzene rings is 7. The molecule has 4 heteroatoms. The molecule has 0 amide bonds. The second-order valence-electron chi connectivity index (χ2n) is 12.5. The SMILES string of the molecule is c1ccc(-c2ccc3c(c2)B2c4c(cccc4-n4c5ccccc5c5c4c2cc2c4ccccc4n(-c4ccccc4)c25)S3)cc1. The quantitative estimate of drug-likeness (QED) is 0.180. The molecule has 4 heterocycles. The summed E-state index contributed by atoms with van der Waals surface area (Å²) < 4.78 is 5.05. The number of hydrogen-bond acceptors (Lipinski definition) is 1. The van der Waals surface area contributed by atoms with Crippen LogP contribution in [-0.4, -0.2) is 15.8 Å². The molecule has 0 radical (unpaired) electrons. The van der Waals surface area contributed by atoms with Gasteiger partial charge in [0.25, 0.3) is 0 Å². The molecule has 0 saturated carbocycles. The van der Waals surface area contributed by atoms with Gasteiger partial charge in [0, 0.05) is 42.7 Å². The number of para-hydroxylation sites is 3. The largest absolute Gasteiger partial charge is 0.310 e. The third kappa shape index (κ3) is 3.14. The zero-order chi connectivity index (χ0) is 29.9. The molecule has 0 N–H and O–H groups in total. The monoisotopic (exact) mass is 600 g/mol. The first kappa shape index (κ1) is 24.8. The van der Waals surface area contributed by atoms with Crippen molar-refractivity contribution in [1.82, 2.24) is 9.13 Å². The van der Waals surface area contributed by atoms with E-state index in [0.717, 1.165) is 0 Å². The Morgan fingerprint density at radius 3 is 2.00 bits per heavy atom. The lowest BCUT2D eigenvalue weighted by molar-refractivity contribution is 1.17. The third-order valence-electron chi connectivity index (χ3n) is 10.1. The molecule has 2 aliphatic heterocycles. The Hall–Kier alpha value is -5.45. The van der Waals surface area contributed by atoms with Gasteiger partial charge in [-0.3, -0.25) is 0 Å². The van der Waals surface area contributed by atoms with E-state index in [1.165, 1.54) is 92.3 Å². The summed E-state index contributed by atoms with van der Waals surface area (Å²) in [7, 11) is 0. The van der Waals surface area contributed by atoms with Crippen molar-refractivity contribution >= 4 is 78.5 Å². The van der Waals surface area contributed by atoms with E-state index in [9.17, 15) is 0 Å². The summed E-state index contributed by atoms with van der Waals surface area (Å²) >= 11 is 1.92. The van der Waals surface area contributed by atoms with Crippen molar-refractivity contribution in [1.29, 1.82) is 0 Å². The first-order chi connectivity index (χ1) is 22.8. The minimum Gasteiger partial charge on any atom is -0.310 e. The average Bonchev–Trinajstić information content (AvgIpc) is 3.64. The van der Waals surface area contributed by atoms with Crippen molar-refractivity contribution < 1.29 is 0 Å². The number of rotatable bonds is 2. The topological polar surface area (TPSA) is 9.86 Å². The molecule has 212 valence electrons. The summed E-state index contributed by atoms with van der Waals surface area (Å²) in [6.45, 7) is 0.133. The van der Waals surface area contributed by atoms with E-state index in [0.29, 0.717) is 0 Å². The van der Waals surface area contributed by atoms with E-state index in [1.807, 2.05) is 11.8 Å². The highest BCUT2D eigenvalue weighted by molar-refractivity contribution is 8.00. The lowest BCUT2D eigenvalue weighted by Crippen LogP contribution is -2.58. The van der Waals surface area contributed by atoms with Gasteiger partial charge in [-0.15, -0.1) is 0 Å². The van der Waals surface area contributed by atoms with Crippen LogP contribution >= 0.6 is 11.8 Å². The maximum Gasteiger partial charge on any atom is 0.249 e. The Morgan fingerprint density at radius 1 is 0.457 bits per heavy atom. The van der Waals surface area contributed by atoms with Gasteiger partial charge in [0.05, 0.1) is 22.1 Å². The fourth-order valence-corrected chi connectivity index (χ4v) is 9.48. The van der Waals surface area contributed by atoms with Crippen LogP contribution in [0.1, 0.15) is 0 Å². The van der Waals surface area contributed by atoms with E-state index in [1.54, 1.807) is 0 Å². The first-order valence-corrected chi connectivity index (χ1v) is 16.7. The highest BCUT2D eigenvalue weighted by Gasteiger charge is 2.40. The van der Waals surface area contributed by atoms with Crippen LogP contribution in [0.5, 0.6) is 0 Å². The van der Waals surface area contributed by atoms with Crippen LogP contribution in [-0.2, 0) is 0 Å². The van der Waals surface area contributed by atoms with E-state index >= 15 is 0 Å². The molecule has 0 saturated heterocycles. The lowest BCUT2D eigenvalue weighted by Gasteiger charge is -2.33. The smallest absolute Gasteiger partial charge is 0.249 e. The van der Waals surface area contributed by atoms with Crippen molar-refractivity contribution in [3.63, 3.8) is 0 Å². The molecule has 7 aromatic carbocycles. The summed E-state index contributed by atoms with van der Waals surface area (Å²) in [6.07, 6.45) is 0. The van der Waals surface area contributed by atoms with Gasteiger partial charge in [-0.25, -0.2) is 0 Å². The minimum atomic E-state index is 0.133. The van der Waals surface area contributed by atoms with Crippen LogP contribution in [0, 0.1) is 0 Å². The summed E-state index contributed by atoms with van der Waals surface area (Å²) in [5, 5.41) is 5.23. The predicted molar refractivity (Wildman–Crippen MR) is 196 cm³/mol. The fourth-order valence-electron chi connectivity index (χ4n) is 8.33. The van der Waals surface area contributed by atoms with Crippen LogP contribution in [0.25, 0.3) is 66.1 Å². The van der Waals surface area contributed by atoms with Crippen LogP contribution in [0.3, 0.4) is 0 Å². The minimum absolute atomic E-state index is 0.133. The van der Waals surface area contributed by atoms with Crippen molar-refractivity contribution in [3.8, 4) is 22.5 Å². The second-order valence-corrected chi connectivity index (χ2v) is 13.6. The second kappa shape index (κ2) is 9.06. The number of hydrogen-bond donors (Lipinski definition) is 0. The van der Waals surface area contributed by atoms with Crippen LogP contribution in [0.4, 0.5) is 0 Å². The number of fused-ring (bicyclic) bond motifs is 11. The number of nitrogens with zero attached hydrogens (tertiary/aromatic N) is 2. The average molecular weight is 601 g/mol. The summed E-state index contributed by atoms with van der Waals surface area (Å²) in [6, 6.07) is 56.1. The van der Waals surface area contributed by atoms with Gasteiger partial charge in [0.1, 0.15) is 0 Å². The zero-order valence-corrected chi connectivity index (χ0v) is 25.6. The van der Waals surface area contributed by atoms with Crippen molar-refractivity contribution in [2.75, 3.05) is 0 Å². The molecule has 0 unspecified atom stereocenters. The molecule has 0 fully saturated rings. The Bertz CT molecular complexity index is 2720. The fraction of sp³-hybridized carbons (Fsp3) is 0. The van der Waals surface area contributed by atoms with Crippen LogP contribution < -0.4 is 16.4 Å². The Balaban J connectivity index is 1.35. The molecular weight excluding hydrogens is 575 g/mol. The molecular formula is C42H25BN2S. The van der Waals surface area contributed by atoms with Crippen LogP contribution in [0.15, 0.2) is 161 Å². The van der Waals surface area contributed by atoms with Crippen molar-refractivity contribution in [2.45, 2.75) is 9.79 Å². The molecule has 0 aliphatic carbocycles. The highest BCUT2D eigenvalue weighted by Crippen LogP contribution is 2.44. The molecule has 0 bridgehead atoms. The molecule has 0 spiro atoms. The molecule has 2 nitrogen and oxygen atoms in total. The van der Waals surface area contributed by atoms with Gasteiger partial charge in [-0.2, -0.15) is 0 Å². The first-order valence-electron chi connectivity index (χ1n) is 15.9. The lowest BCUT2D eigenvalue weighted by atomic mass is 9.35. The Morgan fingerprint density at radius 2 is 1.17 bits per heavy atom. The summed E-state index contributed by atoms with van der Waals surface area (Å²) in [5.41, 5.74) is 14.3. The normalized spacial score (nSPS) is 13.1. The van der Waals surface area contributed by atoms with Gasteiger partial charge >= 0.3 is 0 Å². The predicted octanol–water partition coefficient (Wildman–Crippen LogP) is 8.84. The van der Waals surface area contributed by atoms with E-state index in [-0.39, 0.29) is 6.71 Å². The van der Waals surface area contributed by atoms with Gasteiger partial charge < -0.3 is 9.13 Å². The van der Waals surface area contributed by atoms with E-state index in [4.69, 9.17) is 0 Å². The van der Waals surface area contributed by atoms with Crippen LogP contribution in [0.2, 0.25) is 0 Å². The van der Waals surface area contributed by atoms with Gasteiger partial charge in [-0.05, 0) is 64.5 Å². The maximum absolute atomic E-state index is 2.56. The van der Waals surface area contributed by atoms with Gasteiger partial charge in [0.2, 0.25) is 6.71 Å². The Labute approximate surface area is 270 Å². The third-order valence-corrected chi connectivity index (χ3v) is 11.3. The highest BCUT2D eigenvalue weighted by atomic mass is 32.2. The van der Waals surface area contributed by atoms with Crippen molar-refractivity contribution in [3.05, 3.63) is 152 Å². The molecule has 9 aromatic rings. The van der Waals surface area contributed by atoms with Gasteiger partial charge in [-0.1, -0.05) is 126 Å². The van der Waals surface area contributed by atoms with E-state index < -0.39 is 0 Å². The Kier molecular flexibility index (Phi) is 4.89. The molecule has 2 aromatic heterocycles. The standard InChI is InChI=1S/C42H25BN2S/c1-3-12-26(13-4-1)27-22-23-37-32(24-27)43-33-25-31-29-16-7-9-18-34(29)44(28-14-5-2-6-15-28)41(31)39-30-17-8-10-19-35(30)45(42(33)39)36-20-11-21-38(46-37)40(36)43/h1-25H. The molecule has 11 rings (SSSR count). The van der Waals surface area contributed by atoms with Crippen molar-refractivity contribution in [2.24, 2.45) is 0 Å². The molecule has 2 aliphatic rings. The van der Waals surface area contributed by atoms with Gasteiger partial charge in [0.15, 0.2) is 0 Å². The molecule has 46 heavy (non-hydrogen) atoms. The maximum atomic E-state index is 2.56. The van der Waals surface area contributed by atoms with E-state index in [2.05, 4.69) is 161 Å². The molecule has 0 atom stereocenters. The zero-order valence-electron chi connectivity index (χ0n) is 24.8. The number of aromatic nitrogens is 2. The summed E-state index contributed by atoms with van der Waals surface area (Å²) in [4.78, 5) is 2.70.